The molecule has 0 saturated carbocycles. The molecule has 0 radical (unpaired) electrons. The third-order valence-electron chi connectivity index (χ3n) is 6.07. The number of hydrogen-bond acceptors (Lipinski definition) is 3. The van der Waals surface area contributed by atoms with Gasteiger partial charge in [-0.1, -0.05) is 48.5 Å². The predicted octanol–water partition coefficient (Wildman–Crippen LogP) is 4.68. The van der Waals surface area contributed by atoms with Crippen molar-refractivity contribution in [1.82, 2.24) is 14.8 Å². The summed E-state index contributed by atoms with van der Waals surface area (Å²) < 4.78 is 13.5. The van der Waals surface area contributed by atoms with Crippen LogP contribution in [0.4, 0.5) is 4.39 Å². The Morgan fingerprint density at radius 2 is 1.71 bits per heavy atom. The lowest BCUT2D eigenvalue weighted by Gasteiger charge is -2.36. The summed E-state index contributed by atoms with van der Waals surface area (Å²) in [6.45, 7) is 2.73. The molecule has 5 heteroatoms. The molecule has 3 aromatic rings. The third-order valence-corrected chi connectivity index (χ3v) is 6.07. The number of carbonyl (C=O) groups is 1. The summed E-state index contributed by atoms with van der Waals surface area (Å²) in [6.07, 6.45) is 3.41. The Kier molecular flexibility index (Phi) is 6.73. The Labute approximate surface area is 183 Å². The second-order valence-electron chi connectivity index (χ2n) is 8.19. The zero-order valence-electron chi connectivity index (χ0n) is 17.8. The lowest BCUT2D eigenvalue weighted by atomic mass is 9.93. The van der Waals surface area contributed by atoms with Crippen molar-refractivity contribution in [2.75, 3.05) is 20.1 Å². The highest BCUT2D eigenvalue weighted by molar-refractivity contribution is 5.79. The topological polar surface area (TPSA) is 36.4 Å². The molecule has 1 unspecified atom stereocenters. The number of carbonyl (C=O) groups excluding carboxylic acids is 1. The van der Waals surface area contributed by atoms with Crippen molar-refractivity contribution in [1.29, 1.82) is 0 Å². The number of rotatable bonds is 6. The van der Waals surface area contributed by atoms with Crippen LogP contribution in [0.3, 0.4) is 0 Å². The molecule has 1 atom stereocenters. The maximum atomic E-state index is 13.5. The standard InChI is InChI=1S/C26H28FN3O/c1-29(25(24-9-5-6-16-28-24)21-10-12-23(27)13-11-21)26(31)22-14-17-30(18-15-22)19-20-7-3-2-4-8-20/h2-13,16,22,25H,14-15,17-19H2,1H3. The summed E-state index contributed by atoms with van der Waals surface area (Å²) in [7, 11) is 1.83. The molecule has 0 N–H and O–H groups in total. The van der Waals surface area contributed by atoms with Crippen LogP contribution in [0.15, 0.2) is 79.0 Å². The lowest BCUT2D eigenvalue weighted by molar-refractivity contribution is -0.137. The highest BCUT2D eigenvalue weighted by Gasteiger charge is 2.32. The number of aromatic nitrogens is 1. The molecule has 0 spiro atoms. The highest BCUT2D eigenvalue weighted by Crippen LogP contribution is 2.30. The second-order valence-corrected chi connectivity index (χ2v) is 8.19. The van der Waals surface area contributed by atoms with Crippen LogP contribution in [0.5, 0.6) is 0 Å². The van der Waals surface area contributed by atoms with Gasteiger partial charge in [-0.15, -0.1) is 0 Å². The first kappa shape index (κ1) is 21.2. The van der Waals surface area contributed by atoms with Gasteiger partial charge in [-0.2, -0.15) is 0 Å². The first-order valence-electron chi connectivity index (χ1n) is 10.8. The van der Waals surface area contributed by atoms with Crippen molar-refractivity contribution in [2.24, 2.45) is 5.92 Å². The minimum atomic E-state index is -0.336. The largest absolute Gasteiger partial charge is 0.333 e. The normalized spacial score (nSPS) is 16.1. The van der Waals surface area contributed by atoms with Gasteiger partial charge in [0.1, 0.15) is 5.82 Å². The van der Waals surface area contributed by atoms with E-state index in [1.165, 1.54) is 17.7 Å². The van der Waals surface area contributed by atoms with Crippen molar-refractivity contribution in [2.45, 2.75) is 25.4 Å². The molecule has 0 bridgehead atoms. The number of pyridine rings is 1. The lowest BCUT2D eigenvalue weighted by Crippen LogP contribution is -2.42. The maximum absolute atomic E-state index is 13.5. The Morgan fingerprint density at radius 3 is 2.35 bits per heavy atom. The number of benzene rings is 2. The molecular formula is C26H28FN3O. The van der Waals surface area contributed by atoms with Gasteiger partial charge in [0, 0.05) is 25.7 Å². The molecule has 1 aliphatic rings. The van der Waals surface area contributed by atoms with Crippen LogP contribution >= 0.6 is 0 Å². The van der Waals surface area contributed by atoms with Crippen molar-refractivity contribution in [3.05, 3.63) is 102 Å². The number of piperidine rings is 1. The number of hydrogen-bond donors (Lipinski definition) is 0. The molecule has 1 aromatic heterocycles. The second kappa shape index (κ2) is 9.84. The summed E-state index contributed by atoms with van der Waals surface area (Å²) in [5.74, 6) is -0.175. The van der Waals surface area contributed by atoms with Crippen LogP contribution < -0.4 is 0 Å². The van der Waals surface area contributed by atoms with Crippen LogP contribution in [0.2, 0.25) is 0 Å². The van der Waals surface area contributed by atoms with E-state index in [0.717, 1.165) is 43.7 Å². The summed E-state index contributed by atoms with van der Waals surface area (Å²) >= 11 is 0. The van der Waals surface area contributed by atoms with Crippen LogP contribution in [-0.4, -0.2) is 40.8 Å². The van der Waals surface area contributed by atoms with E-state index >= 15 is 0 Å². The van der Waals surface area contributed by atoms with E-state index in [-0.39, 0.29) is 23.7 Å². The van der Waals surface area contributed by atoms with Crippen molar-refractivity contribution >= 4 is 5.91 Å². The average molecular weight is 418 g/mol. The quantitative estimate of drug-likeness (QED) is 0.584. The predicted molar refractivity (Wildman–Crippen MR) is 120 cm³/mol. The van der Waals surface area contributed by atoms with E-state index in [0.29, 0.717) is 0 Å². The molecule has 4 nitrogen and oxygen atoms in total. The number of nitrogens with zero attached hydrogens (tertiary/aromatic N) is 3. The van der Waals surface area contributed by atoms with Crippen molar-refractivity contribution in [3.8, 4) is 0 Å². The van der Waals surface area contributed by atoms with Gasteiger partial charge in [0.2, 0.25) is 5.91 Å². The zero-order valence-corrected chi connectivity index (χ0v) is 17.8. The highest BCUT2D eigenvalue weighted by atomic mass is 19.1. The Morgan fingerprint density at radius 1 is 1.03 bits per heavy atom. The summed E-state index contributed by atoms with van der Waals surface area (Å²) in [4.78, 5) is 22.1. The molecule has 0 aliphatic carbocycles. The third kappa shape index (κ3) is 5.17. The molecule has 2 heterocycles. The van der Waals surface area contributed by atoms with E-state index in [2.05, 4.69) is 34.1 Å². The number of likely N-dealkylation sites (tertiary alicyclic amines) is 1. The minimum Gasteiger partial charge on any atom is -0.333 e. The van der Waals surface area contributed by atoms with Gasteiger partial charge in [-0.3, -0.25) is 14.7 Å². The fraction of sp³-hybridized carbons (Fsp3) is 0.308. The summed E-state index contributed by atoms with van der Waals surface area (Å²) in [5.41, 5.74) is 2.94. The average Bonchev–Trinajstić information content (AvgIpc) is 2.82. The van der Waals surface area contributed by atoms with Crippen LogP contribution in [-0.2, 0) is 11.3 Å². The molecule has 4 rings (SSSR count). The molecule has 31 heavy (non-hydrogen) atoms. The van der Waals surface area contributed by atoms with E-state index in [1.807, 2.05) is 31.3 Å². The van der Waals surface area contributed by atoms with E-state index in [9.17, 15) is 9.18 Å². The molecule has 1 fully saturated rings. The van der Waals surface area contributed by atoms with Crippen LogP contribution in [0.25, 0.3) is 0 Å². The van der Waals surface area contributed by atoms with Gasteiger partial charge in [0.05, 0.1) is 11.7 Å². The van der Waals surface area contributed by atoms with E-state index in [1.54, 1.807) is 23.2 Å². The van der Waals surface area contributed by atoms with Crippen LogP contribution in [0, 0.1) is 11.7 Å². The number of halogens is 1. The summed E-state index contributed by atoms with van der Waals surface area (Å²) in [5, 5.41) is 0. The van der Waals surface area contributed by atoms with Gasteiger partial charge in [0.15, 0.2) is 0 Å². The van der Waals surface area contributed by atoms with Crippen LogP contribution in [0.1, 0.15) is 35.7 Å². The van der Waals surface area contributed by atoms with Gasteiger partial charge < -0.3 is 4.90 Å². The zero-order chi connectivity index (χ0) is 21.6. The molecular weight excluding hydrogens is 389 g/mol. The SMILES string of the molecule is CN(C(=O)C1CCN(Cc2ccccc2)CC1)C(c1ccc(F)cc1)c1ccccn1. The first-order chi connectivity index (χ1) is 15.1. The van der Waals surface area contributed by atoms with Crippen molar-refractivity contribution in [3.63, 3.8) is 0 Å². The fourth-order valence-electron chi connectivity index (χ4n) is 4.37. The monoisotopic (exact) mass is 417 g/mol. The smallest absolute Gasteiger partial charge is 0.226 e. The fourth-order valence-corrected chi connectivity index (χ4v) is 4.37. The van der Waals surface area contributed by atoms with Gasteiger partial charge in [-0.05, 0) is 61.3 Å². The van der Waals surface area contributed by atoms with Gasteiger partial charge >= 0.3 is 0 Å². The molecule has 2 aromatic carbocycles. The van der Waals surface area contributed by atoms with Gasteiger partial charge in [-0.25, -0.2) is 4.39 Å². The minimum absolute atomic E-state index is 0.0105. The molecule has 160 valence electrons. The molecule has 1 saturated heterocycles. The van der Waals surface area contributed by atoms with E-state index < -0.39 is 0 Å². The van der Waals surface area contributed by atoms with E-state index in [4.69, 9.17) is 0 Å². The Balaban J connectivity index is 1.45. The van der Waals surface area contributed by atoms with Crippen molar-refractivity contribution < 1.29 is 9.18 Å². The molecule has 1 aliphatic heterocycles. The summed E-state index contributed by atoms with van der Waals surface area (Å²) in [6, 6.07) is 22.1. The Bertz CT molecular complexity index is 971. The first-order valence-corrected chi connectivity index (χ1v) is 10.8. The number of amides is 1. The molecule has 1 amide bonds. The van der Waals surface area contributed by atoms with Gasteiger partial charge in [0.25, 0.3) is 0 Å². The Hall–Kier alpha value is -3.05. The maximum Gasteiger partial charge on any atom is 0.226 e.